The maximum Gasteiger partial charge on any atom is 0.417 e. The van der Waals surface area contributed by atoms with Crippen molar-refractivity contribution in [3.05, 3.63) is 40.5 Å². The molecular formula is C17H19ClF3N5O2. The Morgan fingerprint density at radius 1 is 1.25 bits per heavy atom. The fourth-order valence-corrected chi connectivity index (χ4v) is 3.16. The van der Waals surface area contributed by atoms with Gasteiger partial charge in [0.15, 0.2) is 5.82 Å². The number of benzene rings is 1. The van der Waals surface area contributed by atoms with Crippen molar-refractivity contribution < 1.29 is 22.5 Å². The first-order valence-electron chi connectivity index (χ1n) is 8.61. The quantitative estimate of drug-likeness (QED) is 0.806. The highest BCUT2D eigenvalue weighted by molar-refractivity contribution is 6.31. The van der Waals surface area contributed by atoms with Crippen LogP contribution in [0.1, 0.15) is 17.3 Å². The average molecular weight is 418 g/mol. The van der Waals surface area contributed by atoms with Crippen LogP contribution in [0.15, 0.2) is 22.7 Å². The molecule has 7 nitrogen and oxygen atoms in total. The molecule has 1 aromatic carbocycles. The number of aryl methyl sites for hydroxylation is 1. The van der Waals surface area contributed by atoms with Crippen molar-refractivity contribution in [3.8, 4) is 0 Å². The number of rotatable bonds is 5. The van der Waals surface area contributed by atoms with Gasteiger partial charge in [0.1, 0.15) is 0 Å². The molecule has 1 N–H and O–H groups in total. The SMILES string of the molecule is Cc1nc(CN2CCN(CC(=O)Nc3ccc(Cl)c(C(F)(F)F)c3)CC2)no1. The van der Waals surface area contributed by atoms with E-state index < -0.39 is 16.8 Å². The van der Waals surface area contributed by atoms with Gasteiger partial charge in [0.25, 0.3) is 0 Å². The topological polar surface area (TPSA) is 74.5 Å². The van der Waals surface area contributed by atoms with E-state index in [2.05, 4.69) is 20.4 Å². The summed E-state index contributed by atoms with van der Waals surface area (Å²) in [6.45, 7) is 5.14. The number of aromatic nitrogens is 2. The van der Waals surface area contributed by atoms with E-state index in [9.17, 15) is 18.0 Å². The second-order valence-electron chi connectivity index (χ2n) is 6.52. The Hall–Kier alpha value is -2.17. The summed E-state index contributed by atoms with van der Waals surface area (Å²) in [5, 5.41) is 5.95. The van der Waals surface area contributed by atoms with Gasteiger partial charge in [-0.1, -0.05) is 16.8 Å². The third-order valence-corrected chi connectivity index (χ3v) is 4.65. The maximum absolute atomic E-state index is 12.9. The summed E-state index contributed by atoms with van der Waals surface area (Å²) in [6.07, 6.45) is -4.58. The molecule has 0 bridgehead atoms. The number of nitrogens with zero attached hydrogens (tertiary/aromatic N) is 4. The van der Waals surface area contributed by atoms with Gasteiger partial charge in [0, 0.05) is 38.8 Å². The van der Waals surface area contributed by atoms with Gasteiger partial charge in [-0.25, -0.2) is 0 Å². The van der Waals surface area contributed by atoms with E-state index in [1.165, 1.54) is 6.07 Å². The summed E-state index contributed by atoms with van der Waals surface area (Å²) in [4.78, 5) is 20.4. The van der Waals surface area contributed by atoms with Crippen LogP contribution in [0.3, 0.4) is 0 Å². The Morgan fingerprint density at radius 2 is 1.93 bits per heavy atom. The Morgan fingerprint density at radius 3 is 2.54 bits per heavy atom. The summed E-state index contributed by atoms with van der Waals surface area (Å²) >= 11 is 5.59. The van der Waals surface area contributed by atoms with Crippen LogP contribution in [0.5, 0.6) is 0 Å². The van der Waals surface area contributed by atoms with Crippen LogP contribution in [0.25, 0.3) is 0 Å². The summed E-state index contributed by atoms with van der Waals surface area (Å²) in [6, 6.07) is 3.31. The van der Waals surface area contributed by atoms with Gasteiger partial charge in [-0.15, -0.1) is 0 Å². The van der Waals surface area contributed by atoms with Gasteiger partial charge in [-0.05, 0) is 18.2 Å². The molecule has 11 heteroatoms. The van der Waals surface area contributed by atoms with E-state index in [4.69, 9.17) is 16.1 Å². The van der Waals surface area contributed by atoms with E-state index in [1.807, 2.05) is 4.90 Å². The molecule has 0 spiro atoms. The third kappa shape index (κ3) is 5.43. The molecule has 1 aliphatic rings. The lowest BCUT2D eigenvalue weighted by atomic mass is 10.2. The van der Waals surface area contributed by atoms with E-state index in [0.717, 1.165) is 25.2 Å². The highest BCUT2D eigenvalue weighted by Crippen LogP contribution is 2.36. The molecule has 3 rings (SSSR count). The molecular weight excluding hydrogens is 399 g/mol. The summed E-state index contributed by atoms with van der Waals surface area (Å²) in [7, 11) is 0. The van der Waals surface area contributed by atoms with Crippen molar-refractivity contribution in [2.24, 2.45) is 0 Å². The van der Waals surface area contributed by atoms with Crippen LogP contribution >= 0.6 is 11.6 Å². The van der Waals surface area contributed by atoms with Gasteiger partial charge in [0.05, 0.1) is 23.7 Å². The minimum Gasteiger partial charge on any atom is -0.340 e. The van der Waals surface area contributed by atoms with Crippen molar-refractivity contribution in [3.63, 3.8) is 0 Å². The number of hydrogen-bond donors (Lipinski definition) is 1. The monoisotopic (exact) mass is 417 g/mol. The zero-order valence-electron chi connectivity index (χ0n) is 15.1. The number of nitrogens with one attached hydrogen (secondary N) is 1. The molecule has 0 unspecified atom stereocenters. The normalized spacial score (nSPS) is 16.3. The molecule has 0 aliphatic carbocycles. The zero-order chi connectivity index (χ0) is 20.3. The van der Waals surface area contributed by atoms with E-state index in [1.54, 1.807) is 6.92 Å². The Balaban J connectivity index is 1.48. The van der Waals surface area contributed by atoms with Crippen molar-refractivity contribution >= 4 is 23.2 Å². The van der Waals surface area contributed by atoms with Crippen molar-refractivity contribution in [1.82, 2.24) is 19.9 Å². The van der Waals surface area contributed by atoms with Crippen molar-refractivity contribution in [1.29, 1.82) is 0 Å². The molecule has 1 aromatic heterocycles. The highest BCUT2D eigenvalue weighted by atomic mass is 35.5. The molecule has 0 radical (unpaired) electrons. The molecule has 1 fully saturated rings. The van der Waals surface area contributed by atoms with Crippen LogP contribution in [0.4, 0.5) is 18.9 Å². The number of carbonyl (C=O) groups excluding carboxylic acids is 1. The molecule has 0 saturated carbocycles. The fourth-order valence-electron chi connectivity index (χ4n) is 2.93. The Bertz CT molecular complexity index is 834. The molecule has 2 aromatic rings. The number of amides is 1. The summed E-state index contributed by atoms with van der Waals surface area (Å²) in [5.41, 5.74) is -0.912. The van der Waals surface area contributed by atoms with Crippen molar-refractivity contribution in [2.45, 2.75) is 19.6 Å². The third-order valence-electron chi connectivity index (χ3n) is 4.32. The first kappa shape index (κ1) is 20.6. The van der Waals surface area contributed by atoms with Gasteiger partial charge < -0.3 is 9.84 Å². The molecule has 1 aliphatic heterocycles. The molecule has 28 heavy (non-hydrogen) atoms. The minimum absolute atomic E-state index is 0.0628. The zero-order valence-corrected chi connectivity index (χ0v) is 15.8. The van der Waals surface area contributed by atoms with Crippen LogP contribution in [-0.2, 0) is 17.5 Å². The van der Waals surface area contributed by atoms with Crippen LogP contribution in [0.2, 0.25) is 5.02 Å². The summed E-state index contributed by atoms with van der Waals surface area (Å²) < 4.78 is 43.7. The first-order chi connectivity index (χ1) is 13.2. The molecule has 0 atom stereocenters. The second kappa shape index (κ2) is 8.46. The van der Waals surface area contributed by atoms with E-state index in [-0.39, 0.29) is 18.1 Å². The number of halogens is 4. The van der Waals surface area contributed by atoms with Gasteiger partial charge >= 0.3 is 6.18 Å². The minimum atomic E-state index is -4.58. The number of carbonyl (C=O) groups is 1. The first-order valence-corrected chi connectivity index (χ1v) is 8.99. The number of alkyl halides is 3. The molecule has 1 amide bonds. The highest BCUT2D eigenvalue weighted by Gasteiger charge is 2.33. The number of anilines is 1. The molecule has 152 valence electrons. The van der Waals surface area contributed by atoms with Gasteiger partial charge in [0.2, 0.25) is 11.8 Å². The van der Waals surface area contributed by atoms with Crippen LogP contribution in [-0.4, -0.2) is 58.6 Å². The smallest absolute Gasteiger partial charge is 0.340 e. The second-order valence-corrected chi connectivity index (χ2v) is 6.93. The number of piperazine rings is 1. The van der Waals surface area contributed by atoms with Crippen molar-refractivity contribution in [2.75, 3.05) is 38.0 Å². The van der Waals surface area contributed by atoms with E-state index >= 15 is 0 Å². The van der Waals surface area contributed by atoms with E-state index in [0.29, 0.717) is 31.3 Å². The average Bonchev–Trinajstić information content (AvgIpc) is 3.02. The van der Waals surface area contributed by atoms with Gasteiger partial charge in [-0.2, -0.15) is 18.2 Å². The largest absolute Gasteiger partial charge is 0.417 e. The fraction of sp³-hybridized carbons (Fsp3) is 0.471. The predicted molar refractivity (Wildman–Crippen MR) is 95.8 cm³/mol. The Labute approximate surface area is 164 Å². The summed E-state index contributed by atoms with van der Waals surface area (Å²) in [5.74, 6) is 0.755. The lowest BCUT2D eigenvalue weighted by Gasteiger charge is -2.33. The maximum atomic E-state index is 12.9. The lowest BCUT2D eigenvalue weighted by molar-refractivity contribution is -0.137. The van der Waals surface area contributed by atoms with Gasteiger partial charge in [-0.3, -0.25) is 14.6 Å². The Kier molecular flexibility index (Phi) is 6.21. The van der Waals surface area contributed by atoms with Crippen LogP contribution < -0.4 is 5.32 Å². The molecule has 2 heterocycles. The predicted octanol–water partition coefficient (Wildman–Crippen LogP) is 2.81. The lowest BCUT2D eigenvalue weighted by Crippen LogP contribution is -2.48. The standard InChI is InChI=1S/C17H19ClF3N5O2/c1-11-22-15(24-28-11)9-25-4-6-26(7-5-25)10-16(27)23-12-2-3-14(18)13(8-12)17(19,20)21/h2-3,8H,4-7,9-10H2,1H3,(H,23,27). The van der Waals surface area contributed by atoms with Crippen LogP contribution in [0, 0.1) is 6.92 Å². The molecule has 1 saturated heterocycles. The number of hydrogen-bond acceptors (Lipinski definition) is 6.